The number of hydrogen-bond acceptors (Lipinski definition) is 1. The van der Waals surface area contributed by atoms with E-state index < -0.39 is 20.8 Å². The average molecular weight is 223 g/mol. The van der Waals surface area contributed by atoms with Gasteiger partial charge in [0.15, 0.2) is 0 Å². The van der Waals surface area contributed by atoms with Crippen molar-refractivity contribution < 1.29 is 20.4 Å². The Bertz CT molecular complexity index is 37.2. The van der Waals surface area contributed by atoms with Crippen LogP contribution < -0.4 is 0 Å². The minimum absolute atomic E-state index is 1.17. The van der Waals surface area contributed by atoms with Gasteiger partial charge in [-0.1, -0.05) is 0 Å². The third-order valence-electron chi connectivity index (χ3n) is 0. The van der Waals surface area contributed by atoms with Crippen molar-refractivity contribution in [3.63, 3.8) is 0 Å². The Labute approximate surface area is 60.3 Å². The molecule has 0 aliphatic carbocycles. The van der Waals surface area contributed by atoms with E-state index >= 15 is 0 Å². The summed E-state index contributed by atoms with van der Waals surface area (Å²) in [6.45, 7) is 0. The van der Waals surface area contributed by atoms with E-state index in [2.05, 4.69) is 0 Å². The Morgan fingerprint density at radius 2 is 1.43 bits per heavy atom. The second-order valence-electron chi connectivity index (χ2n) is 0.243. The Morgan fingerprint density at radius 3 is 1.43 bits per heavy atom. The van der Waals surface area contributed by atoms with Gasteiger partial charge in [-0.15, -0.1) is 0 Å². The molecule has 0 heterocycles. The van der Waals surface area contributed by atoms with Crippen molar-refractivity contribution in [2.24, 2.45) is 0 Å². The van der Waals surface area contributed by atoms with E-state index in [0.29, 0.717) is 0 Å². The molecule has 0 fully saturated rings. The number of hydrogen-bond donors (Lipinski definition) is 1. The number of rotatable bonds is 0. The molecule has 7 heteroatoms. The molecular weight excluding hydrogens is 222 g/mol. The molecule has 0 aromatic rings. The molecule has 0 amide bonds. The summed E-state index contributed by atoms with van der Waals surface area (Å²) in [4.78, 5) is 7.04. The van der Waals surface area contributed by atoms with E-state index in [4.69, 9.17) is 39.6 Å². The molecule has 0 atom stereocenters. The molecule has 0 saturated carbocycles. The van der Waals surface area contributed by atoms with Crippen LogP contribution in [0, 0.1) is 0 Å². The third-order valence-corrected chi connectivity index (χ3v) is 0. The van der Waals surface area contributed by atoms with Gasteiger partial charge >= 0.3 is 51.1 Å². The van der Waals surface area contributed by atoms with Crippen molar-refractivity contribution in [2.75, 3.05) is 0 Å². The molecule has 0 unspecified atom stereocenters. The fraction of sp³-hybridized carbons (Fsp3) is 0. The Hall–Kier alpha value is 1.21. The standard InChI is InChI=1S/3ClH.Fe.HO2Si/c;;;;1-3-2/h3*1H;;1H/q;;;+3;/p-3. The van der Waals surface area contributed by atoms with Crippen LogP contribution >= 0.6 is 30.3 Å². The van der Waals surface area contributed by atoms with Gasteiger partial charge in [0.2, 0.25) is 0 Å². The second-order valence-corrected chi connectivity index (χ2v) is 5.90. The molecule has 0 aromatic carbocycles. The third kappa shape index (κ3) is 134. The van der Waals surface area contributed by atoms with Gasteiger partial charge in [0.25, 0.3) is 0 Å². The maximum absolute atomic E-state index is 8.51. The fourth-order valence-electron chi connectivity index (χ4n) is 0. The van der Waals surface area contributed by atoms with Crippen LogP contribution in [0.2, 0.25) is 0 Å². The maximum atomic E-state index is 8.51. The van der Waals surface area contributed by atoms with E-state index in [1.807, 2.05) is 0 Å². The first-order valence-corrected chi connectivity index (χ1v) is 6.24. The van der Waals surface area contributed by atoms with Gasteiger partial charge in [-0.05, 0) is 0 Å². The van der Waals surface area contributed by atoms with Crippen molar-refractivity contribution in [2.45, 2.75) is 0 Å². The van der Waals surface area contributed by atoms with Gasteiger partial charge in [-0.3, -0.25) is 0 Å². The van der Waals surface area contributed by atoms with E-state index in [1.165, 1.54) is 0 Å². The average Bonchev–Trinajstić information content (AvgIpc) is 1.33. The van der Waals surface area contributed by atoms with Crippen LogP contribution in [-0.2, 0) is 15.6 Å². The first-order valence-electron chi connectivity index (χ1n) is 0.829. The summed E-state index contributed by atoms with van der Waals surface area (Å²) in [5.41, 5.74) is 0. The molecule has 0 aromatic heterocycles. The zero-order valence-corrected chi connectivity index (χ0v) is 7.21. The molecule has 0 saturated heterocycles. The Morgan fingerprint density at radius 1 is 1.43 bits per heavy atom. The van der Waals surface area contributed by atoms with Crippen molar-refractivity contribution in [3.05, 3.63) is 0 Å². The monoisotopic (exact) mass is 222 g/mol. The van der Waals surface area contributed by atoms with Crippen molar-refractivity contribution in [1.82, 2.24) is 0 Å². The molecule has 46 valence electrons. The van der Waals surface area contributed by atoms with Gasteiger partial charge < -0.3 is 9.26 Å². The van der Waals surface area contributed by atoms with Crippen LogP contribution in [0.1, 0.15) is 0 Å². The predicted octanol–water partition coefficient (Wildman–Crippen LogP) is 1.01. The summed E-state index contributed by atoms with van der Waals surface area (Å²) in [5.74, 6) is 0. The molecule has 0 spiro atoms. The molecule has 0 bridgehead atoms. The quantitative estimate of drug-likeness (QED) is 0.622. The van der Waals surface area contributed by atoms with E-state index in [0.717, 1.165) is 0 Å². The van der Waals surface area contributed by atoms with Crippen molar-refractivity contribution in [1.29, 1.82) is 0 Å². The zero-order chi connectivity index (χ0) is 6.28. The molecular formula is HCl3FeO2Si. The normalized spacial score (nSPS) is 8.14. The second kappa shape index (κ2) is 10.2. The van der Waals surface area contributed by atoms with Crippen molar-refractivity contribution in [3.8, 4) is 0 Å². The van der Waals surface area contributed by atoms with E-state index in [-0.39, 0.29) is 0 Å². The topological polar surface area (TPSA) is 37.3 Å². The molecule has 2 nitrogen and oxygen atoms in total. The summed E-state index contributed by atoms with van der Waals surface area (Å²) >= 11 is -1.33. The fourth-order valence-corrected chi connectivity index (χ4v) is 0. The van der Waals surface area contributed by atoms with Crippen LogP contribution in [0.4, 0.5) is 0 Å². The molecule has 1 radical (unpaired) electrons. The zero-order valence-electron chi connectivity index (χ0n) is 2.84. The van der Waals surface area contributed by atoms with Gasteiger partial charge in [-0.25, -0.2) is 0 Å². The van der Waals surface area contributed by atoms with Gasteiger partial charge in [0, 0.05) is 0 Å². The Balaban J connectivity index is 0. The molecule has 0 aliphatic rings. The predicted molar refractivity (Wildman–Crippen MR) is 26.2 cm³/mol. The summed E-state index contributed by atoms with van der Waals surface area (Å²) < 4.78 is 8.51. The van der Waals surface area contributed by atoms with E-state index in [9.17, 15) is 0 Å². The van der Waals surface area contributed by atoms with Gasteiger partial charge in [0.1, 0.15) is 0 Å². The summed E-state index contributed by atoms with van der Waals surface area (Å²) in [7, 11) is 13.5. The molecule has 1 N–H and O–H groups in total. The SMILES string of the molecule is O=[Si]O.[Cl][Fe]([Cl])[Cl]. The first-order chi connectivity index (χ1) is 3.15. The van der Waals surface area contributed by atoms with Crippen molar-refractivity contribution >= 4 is 39.9 Å². The summed E-state index contributed by atoms with van der Waals surface area (Å²) in [6.07, 6.45) is 0. The Kier molecular flexibility index (Phi) is 16.2. The summed E-state index contributed by atoms with van der Waals surface area (Å²) in [5, 5.41) is 0. The molecule has 7 heavy (non-hydrogen) atoms. The van der Waals surface area contributed by atoms with Gasteiger partial charge in [-0.2, -0.15) is 0 Å². The molecule has 0 rings (SSSR count). The first kappa shape index (κ1) is 11.1. The van der Waals surface area contributed by atoms with Crippen LogP contribution in [0.25, 0.3) is 0 Å². The minimum atomic E-state index is -1.33. The van der Waals surface area contributed by atoms with E-state index in [1.54, 1.807) is 0 Å². The van der Waals surface area contributed by atoms with Crippen LogP contribution in [0.15, 0.2) is 0 Å². The number of halogens is 3. The van der Waals surface area contributed by atoms with Gasteiger partial charge in [0.05, 0.1) is 0 Å². The summed E-state index contributed by atoms with van der Waals surface area (Å²) in [6, 6.07) is 0. The molecule has 0 aliphatic heterocycles. The van der Waals surface area contributed by atoms with Crippen LogP contribution in [0.5, 0.6) is 0 Å². The van der Waals surface area contributed by atoms with Crippen LogP contribution in [-0.4, -0.2) is 14.4 Å². The van der Waals surface area contributed by atoms with Crippen LogP contribution in [0.3, 0.4) is 0 Å².